The van der Waals surface area contributed by atoms with Gasteiger partial charge in [0.25, 0.3) is 15.8 Å². The van der Waals surface area contributed by atoms with Gasteiger partial charge in [-0.1, -0.05) is 0 Å². The van der Waals surface area contributed by atoms with Gasteiger partial charge >= 0.3 is 0 Å². The van der Waals surface area contributed by atoms with Gasteiger partial charge in [0.2, 0.25) is 0 Å². The minimum absolute atomic E-state index is 0.234. The second-order valence-electron chi connectivity index (χ2n) is 3.09. The van der Waals surface area contributed by atoms with Crippen molar-refractivity contribution >= 4 is 15.9 Å². The van der Waals surface area contributed by atoms with Crippen LogP contribution in [0.3, 0.4) is 0 Å². The maximum Gasteiger partial charge on any atom is 0.296 e. The Labute approximate surface area is 93.0 Å². The van der Waals surface area contributed by atoms with E-state index in [2.05, 4.69) is 4.72 Å². The van der Waals surface area contributed by atoms with Crippen molar-refractivity contribution in [1.29, 1.82) is 0 Å². The van der Waals surface area contributed by atoms with Crippen molar-refractivity contribution in [3.8, 4) is 0 Å². The first-order valence-electron chi connectivity index (χ1n) is 4.42. The molecular weight excluding hydrogens is 234 g/mol. The predicted molar refractivity (Wildman–Crippen MR) is 59.3 cm³/mol. The van der Waals surface area contributed by atoms with E-state index in [4.69, 9.17) is 9.88 Å². The van der Waals surface area contributed by atoms with Crippen molar-refractivity contribution in [3.63, 3.8) is 0 Å². The highest BCUT2D eigenvalue weighted by Crippen LogP contribution is 2.04. The minimum Gasteiger partial charge on any atom is -0.383 e. The summed E-state index contributed by atoms with van der Waals surface area (Å²) in [5.74, 6) is 0. The molecule has 0 fully saturated rings. The van der Waals surface area contributed by atoms with Crippen LogP contribution in [0, 0.1) is 0 Å². The number of nitrogens with zero attached hydrogens (tertiary/aromatic N) is 1. The second-order valence-corrected chi connectivity index (χ2v) is 4.38. The molecule has 0 amide bonds. The van der Waals surface area contributed by atoms with Crippen LogP contribution >= 0.6 is 0 Å². The summed E-state index contributed by atoms with van der Waals surface area (Å²) >= 11 is 0. The number of methoxy groups -OCH3 is 1. The Bertz CT molecular complexity index is 508. The second kappa shape index (κ2) is 5.10. The Kier molecular flexibility index (Phi) is 4.05. The lowest BCUT2D eigenvalue weighted by atomic mass is 10.4. The van der Waals surface area contributed by atoms with E-state index < -0.39 is 10.2 Å². The van der Waals surface area contributed by atoms with Crippen molar-refractivity contribution < 1.29 is 13.2 Å². The summed E-state index contributed by atoms with van der Waals surface area (Å²) in [4.78, 5) is 11.3. The minimum atomic E-state index is -3.82. The van der Waals surface area contributed by atoms with E-state index in [1.54, 1.807) is 0 Å². The summed E-state index contributed by atoms with van der Waals surface area (Å²) in [6.45, 7) is 0.703. The molecule has 0 saturated carbocycles. The van der Waals surface area contributed by atoms with Gasteiger partial charge in [0, 0.05) is 25.9 Å². The summed E-state index contributed by atoms with van der Waals surface area (Å²) in [5, 5.41) is 4.80. The van der Waals surface area contributed by atoms with E-state index in [1.165, 1.54) is 30.0 Å². The van der Waals surface area contributed by atoms with E-state index in [9.17, 15) is 13.2 Å². The molecule has 0 radical (unpaired) electrons. The zero-order valence-electron chi connectivity index (χ0n) is 8.71. The molecule has 0 aliphatic carbocycles. The molecule has 0 unspecified atom stereocenters. The highest BCUT2D eigenvalue weighted by atomic mass is 32.2. The van der Waals surface area contributed by atoms with Gasteiger partial charge in [-0.3, -0.25) is 9.52 Å². The Morgan fingerprint density at radius 3 is 2.75 bits per heavy atom. The zero-order chi connectivity index (χ0) is 12.2. The van der Waals surface area contributed by atoms with Crippen LogP contribution in [-0.4, -0.2) is 26.7 Å². The fourth-order valence-electron chi connectivity index (χ4n) is 1.12. The zero-order valence-corrected chi connectivity index (χ0v) is 9.53. The lowest BCUT2D eigenvalue weighted by Crippen LogP contribution is -2.25. The molecule has 1 aromatic rings. The number of hydrogen-bond donors (Lipinski definition) is 2. The Morgan fingerprint density at radius 1 is 1.50 bits per heavy atom. The fourth-order valence-corrected chi connectivity index (χ4v) is 1.57. The number of aromatic nitrogens is 1. The number of rotatable bonds is 5. The monoisotopic (exact) mass is 247 g/mol. The molecule has 16 heavy (non-hydrogen) atoms. The van der Waals surface area contributed by atoms with E-state index in [-0.39, 0.29) is 11.2 Å². The first-order valence-corrected chi connectivity index (χ1v) is 5.97. The normalized spacial score (nSPS) is 11.4. The maximum absolute atomic E-state index is 11.3. The summed E-state index contributed by atoms with van der Waals surface area (Å²) < 4.78 is 29.8. The van der Waals surface area contributed by atoms with Crippen LogP contribution in [0.15, 0.2) is 23.1 Å². The average Bonchev–Trinajstić information content (AvgIpc) is 2.17. The Morgan fingerprint density at radius 2 is 2.19 bits per heavy atom. The largest absolute Gasteiger partial charge is 0.383 e. The van der Waals surface area contributed by atoms with Crippen LogP contribution < -0.4 is 15.4 Å². The summed E-state index contributed by atoms with van der Waals surface area (Å²) in [7, 11) is -2.31. The number of pyridine rings is 1. The summed E-state index contributed by atoms with van der Waals surface area (Å²) in [5.41, 5.74) is -0.00442. The van der Waals surface area contributed by atoms with Crippen LogP contribution in [0.25, 0.3) is 0 Å². The van der Waals surface area contributed by atoms with Crippen molar-refractivity contribution in [2.75, 3.05) is 18.4 Å². The van der Waals surface area contributed by atoms with Gasteiger partial charge in [-0.2, -0.15) is 8.42 Å². The molecule has 0 bridgehead atoms. The van der Waals surface area contributed by atoms with Gasteiger partial charge in [0.15, 0.2) is 0 Å². The van der Waals surface area contributed by atoms with Gasteiger partial charge in [0.1, 0.15) is 0 Å². The van der Waals surface area contributed by atoms with Gasteiger partial charge in [-0.15, -0.1) is 0 Å². The van der Waals surface area contributed by atoms with Crippen LogP contribution in [0.2, 0.25) is 0 Å². The summed E-state index contributed by atoms with van der Waals surface area (Å²) in [6, 6.07) is 2.60. The molecule has 7 nitrogen and oxygen atoms in total. The first kappa shape index (κ1) is 12.7. The molecular formula is C8H13N3O4S. The van der Waals surface area contributed by atoms with Crippen LogP contribution in [0.1, 0.15) is 0 Å². The summed E-state index contributed by atoms with van der Waals surface area (Å²) in [6.07, 6.45) is 1.37. The van der Waals surface area contributed by atoms with E-state index in [1.807, 2.05) is 0 Å². The van der Waals surface area contributed by atoms with Gasteiger partial charge in [-0.05, 0) is 6.07 Å². The molecule has 8 heteroatoms. The van der Waals surface area contributed by atoms with Gasteiger partial charge < -0.3 is 9.30 Å². The number of anilines is 1. The molecule has 1 aromatic heterocycles. The van der Waals surface area contributed by atoms with Crippen LogP contribution in [-0.2, 0) is 21.5 Å². The fraction of sp³-hybridized carbons (Fsp3) is 0.375. The highest BCUT2D eigenvalue weighted by molar-refractivity contribution is 7.90. The van der Waals surface area contributed by atoms with E-state index >= 15 is 0 Å². The average molecular weight is 247 g/mol. The highest BCUT2D eigenvalue weighted by Gasteiger charge is 2.04. The van der Waals surface area contributed by atoms with Crippen molar-refractivity contribution in [3.05, 3.63) is 28.7 Å². The molecule has 0 saturated heterocycles. The third-order valence-corrected chi connectivity index (χ3v) is 2.30. The number of ether oxygens (including phenoxy) is 1. The standard InChI is InChI=1S/C8H13N3O4S/c1-15-5-4-11-6-7(2-3-8(11)12)10-16(9,13)14/h2-3,6,10H,4-5H2,1H3,(H2,9,13,14). The Hall–Kier alpha value is -1.38. The Balaban J connectivity index is 2.94. The topological polar surface area (TPSA) is 103 Å². The maximum atomic E-state index is 11.3. The predicted octanol–water partition coefficient (Wildman–Crippen LogP) is -0.890. The molecule has 0 aromatic carbocycles. The van der Waals surface area contributed by atoms with Crippen LogP contribution in [0.4, 0.5) is 5.69 Å². The smallest absolute Gasteiger partial charge is 0.296 e. The molecule has 1 rings (SSSR count). The van der Waals surface area contributed by atoms with Gasteiger partial charge in [-0.25, -0.2) is 5.14 Å². The number of hydrogen-bond acceptors (Lipinski definition) is 4. The first-order chi connectivity index (χ1) is 7.42. The molecule has 0 aliphatic heterocycles. The van der Waals surface area contributed by atoms with E-state index in [0.29, 0.717) is 13.2 Å². The molecule has 1 heterocycles. The van der Waals surface area contributed by atoms with Crippen molar-refractivity contribution in [2.45, 2.75) is 6.54 Å². The van der Waals surface area contributed by atoms with Crippen molar-refractivity contribution in [1.82, 2.24) is 4.57 Å². The third kappa shape index (κ3) is 4.01. The van der Waals surface area contributed by atoms with Gasteiger partial charge in [0.05, 0.1) is 12.3 Å². The molecule has 0 atom stereocenters. The third-order valence-electron chi connectivity index (χ3n) is 1.78. The molecule has 0 aliphatic rings. The lowest BCUT2D eigenvalue weighted by molar-refractivity contribution is 0.186. The van der Waals surface area contributed by atoms with Crippen molar-refractivity contribution in [2.24, 2.45) is 5.14 Å². The quantitative estimate of drug-likeness (QED) is 0.704. The molecule has 90 valence electrons. The van der Waals surface area contributed by atoms with Crippen LogP contribution in [0.5, 0.6) is 0 Å². The number of nitrogens with two attached hydrogens (primary N) is 1. The SMILES string of the molecule is COCCn1cc(NS(N)(=O)=O)ccc1=O. The number of nitrogens with one attached hydrogen (secondary N) is 1. The molecule has 3 N–H and O–H groups in total. The molecule has 0 spiro atoms. The lowest BCUT2D eigenvalue weighted by Gasteiger charge is -2.08. The van der Waals surface area contributed by atoms with E-state index in [0.717, 1.165) is 0 Å².